The van der Waals surface area contributed by atoms with Gasteiger partial charge in [-0.1, -0.05) is 13.3 Å². The second kappa shape index (κ2) is 7.21. The van der Waals surface area contributed by atoms with Crippen LogP contribution in [-0.4, -0.2) is 43.9 Å². The summed E-state index contributed by atoms with van der Waals surface area (Å²) in [4.78, 5) is 11.8. The topological polar surface area (TPSA) is 95.5 Å². The number of aliphatic hydroxyl groups excluding tert-OH is 1. The van der Waals surface area contributed by atoms with E-state index < -0.39 is 16.1 Å². The van der Waals surface area contributed by atoms with Crippen molar-refractivity contribution in [2.45, 2.75) is 51.7 Å². The fourth-order valence-corrected chi connectivity index (χ4v) is 3.59. The van der Waals surface area contributed by atoms with Crippen LogP contribution in [0.15, 0.2) is 0 Å². The van der Waals surface area contributed by atoms with Gasteiger partial charge in [0.05, 0.1) is 17.9 Å². The molecule has 6 nitrogen and oxygen atoms in total. The lowest BCUT2D eigenvalue weighted by atomic mass is 10.1. The van der Waals surface area contributed by atoms with Crippen LogP contribution in [0.5, 0.6) is 0 Å². The van der Waals surface area contributed by atoms with Crippen molar-refractivity contribution in [1.82, 2.24) is 10.0 Å². The Balaban J connectivity index is 2.36. The molecule has 0 aromatic rings. The maximum atomic E-state index is 11.8. The first-order valence-electron chi connectivity index (χ1n) is 6.81. The van der Waals surface area contributed by atoms with Crippen LogP contribution in [0.3, 0.4) is 0 Å². The van der Waals surface area contributed by atoms with E-state index in [0.29, 0.717) is 13.0 Å². The molecule has 0 bridgehead atoms. The van der Waals surface area contributed by atoms with Crippen LogP contribution in [0, 0.1) is 5.92 Å². The highest BCUT2D eigenvalue weighted by Gasteiger charge is 2.26. The van der Waals surface area contributed by atoms with Crippen LogP contribution in [-0.2, 0) is 14.8 Å². The smallest absolute Gasteiger partial charge is 0.237 e. The minimum absolute atomic E-state index is 0.0198. The minimum Gasteiger partial charge on any atom is -0.393 e. The van der Waals surface area contributed by atoms with Gasteiger partial charge in [-0.2, -0.15) is 0 Å². The Morgan fingerprint density at radius 1 is 1.42 bits per heavy atom. The standard InChI is InChI=1S/C12H24N2O4S/c1-3-7-19(17,18)14-9(2)12(16)13-8-10-5-4-6-11(10)15/h9-11,14-15H,3-8H2,1-2H3,(H,13,16). The van der Waals surface area contributed by atoms with E-state index in [0.717, 1.165) is 19.3 Å². The van der Waals surface area contributed by atoms with Gasteiger partial charge in [0.15, 0.2) is 0 Å². The maximum Gasteiger partial charge on any atom is 0.237 e. The Morgan fingerprint density at radius 2 is 2.11 bits per heavy atom. The molecule has 3 N–H and O–H groups in total. The van der Waals surface area contributed by atoms with Gasteiger partial charge < -0.3 is 10.4 Å². The minimum atomic E-state index is -3.38. The van der Waals surface area contributed by atoms with Crippen molar-refractivity contribution in [2.75, 3.05) is 12.3 Å². The van der Waals surface area contributed by atoms with Crippen LogP contribution in [0.2, 0.25) is 0 Å². The SMILES string of the molecule is CCCS(=O)(=O)NC(C)C(=O)NCC1CCCC1O. The lowest BCUT2D eigenvalue weighted by molar-refractivity contribution is -0.122. The number of carbonyl (C=O) groups is 1. The number of rotatable bonds is 7. The molecule has 0 aromatic heterocycles. The number of sulfonamides is 1. The summed E-state index contributed by atoms with van der Waals surface area (Å²) < 4.78 is 25.4. The summed E-state index contributed by atoms with van der Waals surface area (Å²) in [6, 6.07) is -0.782. The predicted octanol–water partition coefficient (Wildman–Crippen LogP) is -0.0185. The summed E-state index contributed by atoms with van der Waals surface area (Å²) in [5.74, 6) is -0.242. The number of carbonyl (C=O) groups excluding carboxylic acids is 1. The molecule has 1 rings (SSSR count). The highest BCUT2D eigenvalue weighted by molar-refractivity contribution is 7.89. The molecule has 1 fully saturated rings. The molecule has 112 valence electrons. The summed E-state index contributed by atoms with van der Waals surface area (Å²) in [6.07, 6.45) is 2.81. The quantitative estimate of drug-likeness (QED) is 0.614. The van der Waals surface area contributed by atoms with Crippen molar-refractivity contribution in [3.63, 3.8) is 0 Å². The van der Waals surface area contributed by atoms with Crippen molar-refractivity contribution in [1.29, 1.82) is 0 Å². The molecular weight excluding hydrogens is 268 g/mol. The highest BCUT2D eigenvalue weighted by Crippen LogP contribution is 2.24. The van der Waals surface area contributed by atoms with Crippen LogP contribution in [0.4, 0.5) is 0 Å². The number of aliphatic hydroxyl groups is 1. The molecule has 1 saturated carbocycles. The molecular formula is C12H24N2O4S. The van der Waals surface area contributed by atoms with Gasteiger partial charge in [0.1, 0.15) is 0 Å². The molecule has 0 aromatic carbocycles. The van der Waals surface area contributed by atoms with E-state index >= 15 is 0 Å². The van der Waals surface area contributed by atoms with Gasteiger partial charge in [-0.15, -0.1) is 0 Å². The van der Waals surface area contributed by atoms with Gasteiger partial charge in [-0.25, -0.2) is 13.1 Å². The third-order valence-corrected chi connectivity index (χ3v) is 5.04. The van der Waals surface area contributed by atoms with Gasteiger partial charge >= 0.3 is 0 Å². The molecule has 7 heteroatoms. The van der Waals surface area contributed by atoms with Crippen LogP contribution < -0.4 is 10.0 Å². The predicted molar refractivity (Wildman–Crippen MR) is 73.0 cm³/mol. The zero-order chi connectivity index (χ0) is 14.5. The molecule has 3 atom stereocenters. The lowest BCUT2D eigenvalue weighted by Crippen LogP contribution is -2.46. The van der Waals surface area contributed by atoms with Crippen LogP contribution in [0.25, 0.3) is 0 Å². The van der Waals surface area contributed by atoms with Crippen LogP contribution in [0.1, 0.15) is 39.5 Å². The summed E-state index contributed by atoms with van der Waals surface area (Å²) in [7, 11) is -3.38. The Kier molecular flexibility index (Phi) is 6.22. The zero-order valence-corrected chi connectivity index (χ0v) is 12.4. The average Bonchev–Trinajstić information content (AvgIpc) is 2.70. The highest BCUT2D eigenvalue weighted by atomic mass is 32.2. The number of amides is 1. The molecule has 19 heavy (non-hydrogen) atoms. The molecule has 3 unspecified atom stereocenters. The van der Waals surface area contributed by atoms with E-state index in [4.69, 9.17) is 0 Å². The van der Waals surface area contributed by atoms with Gasteiger partial charge in [0, 0.05) is 12.5 Å². The molecule has 1 amide bonds. The molecule has 0 spiro atoms. The van der Waals surface area contributed by atoms with Gasteiger partial charge in [-0.3, -0.25) is 4.79 Å². The van der Waals surface area contributed by atoms with Crippen LogP contribution >= 0.6 is 0 Å². The van der Waals surface area contributed by atoms with Crippen molar-refractivity contribution in [2.24, 2.45) is 5.92 Å². The largest absolute Gasteiger partial charge is 0.393 e. The van der Waals surface area contributed by atoms with Gasteiger partial charge in [0.25, 0.3) is 0 Å². The van der Waals surface area contributed by atoms with Crippen molar-refractivity contribution in [3.05, 3.63) is 0 Å². The van der Waals surface area contributed by atoms with Gasteiger partial charge in [-0.05, 0) is 26.2 Å². The number of hydrogen-bond donors (Lipinski definition) is 3. The summed E-state index contributed by atoms with van der Waals surface area (Å²) >= 11 is 0. The lowest BCUT2D eigenvalue weighted by Gasteiger charge is -2.18. The van der Waals surface area contributed by atoms with E-state index in [1.807, 2.05) is 0 Å². The second-order valence-electron chi connectivity index (χ2n) is 5.16. The summed E-state index contributed by atoms with van der Waals surface area (Å²) in [6.45, 7) is 3.69. The third-order valence-electron chi connectivity index (χ3n) is 3.38. The van der Waals surface area contributed by atoms with Gasteiger partial charge in [0.2, 0.25) is 15.9 Å². The van der Waals surface area contributed by atoms with Crippen molar-refractivity contribution >= 4 is 15.9 Å². The Morgan fingerprint density at radius 3 is 2.63 bits per heavy atom. The molecule has 1 aliphatic carbocycles. The molecule has 0 aliphatic heterocycles. The first kappa shape index (κ1) is 16.4. The number of hydrogen-bond acceptors (Lipinski definition) is 4. The van der Waals surface area contributed by atoms with E-state index in [2.05, 4.69) is 10.0 Å². The molecule has 1 aliphatic rings. The summed E-state index contributed by atoms with van der Waals surface area (Å²) in [5, 5.41) is 12.3. The zero-order valence-electron chi connectivity index (χ0n) is 11.6. The van der Waals surface area contributed by atoms with E-state index in [-0.39, 0.29) is 23.7 Å². The van der Waals surface area contributed by atoms with Crippen molar-refractivity contribution < 1.29 is 18.3 Å². The monoisotopic (exact) mass is 292 g/mol. The number of nitrogens with one attached hydrogen (secondary N) is 2. The molecule has 0 heterocycles. The van der Waals surface area contributed by atoms with E-state index in [9.17, 15) is 18.3 Å². The normalized spacial score (nSPS) is 25.2. The first-order valence-corrected chi connectivity index (χ1v) is 8.46. The first-order chi connectivity index (χ1) is 8.85. The second-order valence-corrected chi connectivity index (χ2v) is 7.04. The average molecular weight is 292 g/mol. The van der Waals surface area contributed by atoms with E-state index in [1.165, 1.54) is 6.92 Å². The Bertz CT molecular complexity index is 397. The van der Waals surface area contributed by atoms with Crippen molar-refractivity contribution in [3.8, 4) is 0 Å². The fourth-order valence-electron chi connectivity index (χ4n) is 2.29. The maximum absolute atomic E-state index is 11.8. The molecule has 0 saturated heterocycles. The molecule has 0 radical (unpaired) electrons. The third kappa shape index (κ3) is 5.46. The van der Waals surface area contributed by atoms with E-state index in [1.54, 1.807) is 6.92 Å². The Hall–Kier alpha value is -0.660. The fraction of sp³-hybridized carbons (Fsp3) is 0.917. The summed E-state index contributed by atoms with van der Waals surface area (Å²) in [5.41, 5.74) is 0. The Labute approximate surface area is 115 Å².